The number of carbonyl (C=O) groups excluding carboxylic acids is 1. The average molecular weight is 374 g/mol. The summed E-state index contributed by atoms with van der Waals surface area (Å²) >= 11 is 0. The Morgan fingerprint density at radius 1 is 1.14 bits per heavy atom. The first kappa shape index (κ1) is 18.4. The van der Waals surface area contributed by atoms with Crippen molar-refractivity contribution in [1.82, 2.24) is 0 Å². The van der Waals surface area contributed by atoms with Gasteiger partial charge in [-0.2, -0.15) is 0 Å². The van der Waals surface area contributed by atoms with Gasteiger partial charge in [0.2, 0.25) is 0 Å². The molecule has 0 saturated carbocycles. The third-order valence-electron chi connectivity index (χ3n) is 5.55. The smallest absolute Gasteiger partial charge is 0.163 e. The minimum Gasteiger partial charge on any atom is -0.507 e. The normalized spacial score (nSPS) is 20.4. The zero-order valence-electron chi connectivity index (χ0n) is 16.4. The molecule has 0 radical (unpaired) electrons. The number of nitrogens with one attached hydrogen (secondary N) is 2. The van der Waals surface area contributed by atoms with E-state index in [0.717, 1.165) is 40.2 Å². The fraction of sp³-hybridized carbons (Fsp3) is 0.292. The number of para-hydroxylation sites is 3. The second-order valence-corrected chi connectivity index (χ2v) is 8.43. The zero-order chi connectivity index (χ0) is 19.9. The Balaban J connectivity index is 1.91. The lowest BCUT2D eigenvalue weighted by atomic mass is 9.73. The number of hydrogen-bond donors (Lipinski definition) is 3. The fourth-order valence-electron chi connectivity index (χ4n) is 4.29. The van der Waals surface area contributed by atoms with Crippen LogP contribution >= 0.6 is 0 Å². The topological polar surface area (TPSA) is 61.4 Å². The van der Waals surface area contributed by atoms with Gasteiger partial charge in [0, 0.05) is 23.3 Å². The number of rotatable bonds is 3. The molecule has 2 aliphatic rings. The fourth-order valence-corrected chi connectivity index (χ4v) is 4.29. The third-order valence-corrected chi connectivity index (χ3v) is 5.55. The number of carbonyl (C=O) groups is 1. The van der Waals surface area contributed by atoms with Crippen LogP contribution in [0.25, 0.3) is 0 Å². The van der Waals surface area contributed by atoms with E-state index in [2.05, 4.69) is 31.1 Å². The lowest BCUT2D eigenvalue weighted by Gasteiger charge is -2.34. The number of ketones is 1. The molecular weight excluding hydrogens is 348 g/mol. The summed E-state index contributed by atoms with van der Waals surface area (Å²) in [6, 6.07) is 13.3. The SMILES string of the molecule is C=CCc1cccc([C@@H]2Nc3ccccc3NC3=C2C(=O)CC(C)(C)C3)c1O. The lowest BCUT2D eigenvalue weighted by Crippen LogP contribution is -2.31. The van der Waals surface area contributed by atoms with Crippen molar-refractivity contribution in [3.05, 3.63) is 77.5 Å². The van der Waals surface area contributed by atoms with Crippen LogP contribution in [0.4, 0.5) is 11.4 Å². The second-order valence-electron chi connectivity index (χ2n) is 8.43. The van der Waals surface area contributed by atoms with Gasteiger partial charge in [0.05, 0.1) is 17.4 Å². The van der Waals surface area contributed by atoms with E-state index in [9.17, 15) is 9.90 Å². The quantitative estimate of drug-likeness (QED) is 0.635. The van der Waals surface area contributed by atoms with Crippen molar-refractivity contribution in [2.45, 2.75) is 39.2 Å². The summed E-state index contributed by atoms with van der Waals surface area (Å²) in [4.78, 5) is 13.2. The van der Waals surface area contributed by atoms with Crippen LogP contribution in [0.5, 0.6) is 5.75 Å². The highest BCUT2D eigenvalue weighted by Crippen LogP contribution is 2.47. The molecule has 0 aromatic heterocycles. The number of aromatic hydroxyl groups is 1. The Kier molecular flexibility index (Phi) is 4.50. The molecule has 1 heterocycles. The molecule has 0 spiro atoms. The molecule has 1 aliphatic heterocycles. The van der Waals surface area contributed by atoms with Crippen molar-refractivity contribution in [2.75, 3.05) is 10.6 Å². The maximum absolute atomic E-state index is 13.2. The first-order valence-electron chi connectivity index (χ1n) is 9.70. The summed E-state index contributed by atoms with van der Waals surface area (Å²) in [5, 5.41) is 18.0. The van der Waals surface area contributed by atoms with Crippen molar-refractivity contribution in [1.29, 1.82) is 0 Å². The number of Topliss-reactive ketones (excluding diaryl/α,β-unsaturated/α-hetero) is 1. The van der Waals surface area contributed by atoms with E-state index < -0.39 is 6.04 Å². The first-order valence-corrected chi connectivity index (χ1v) is 9.70. The molecule has 0 saturated heterocycles. The molecule has 2 aromatic rings. The molecule has 0 bridgehead atoms. The van der Waals surface area contributed by atoms with Crippen LogP contribution in [0, 0.1) is 5.41 Å². The van der Waals surface area contributed by atoms with Crippen molar-refractivity contribution in [2.24, 2.45) is 5.41 Å². The number of phenols is 1. The van der Waals surface area contributed by atoms with Crippen molar-refractivity contribution in [3.8, 4) is 5.75 Å². The van der Waals surface area contributed by atoms with Gasteiger partial charge < -0.3 is 15.7 Å². The van der Waals surface area contributed by atoms with E-state index in [0.29, 0.717) is 12.8 Å². The predicted octanol–water partition coefficient (Wildman–Crippen LogP) is 5.34. The largest absolute Gasteiger partial charge is 0.507 e. The summed E-state index contributed by atoms with van der Waals surface area (Å²) in [6.07, 6.45) is 3.63. The van der Waals surface area contributed by atoms with Gasteiger partial charge in [0.15, 0.2) is 5.78 Å². The highest BCUT2D eigenvalue weighted by Gasteiger charge is 2.39. The Bertz CT molecular complexity index is 988. The number of anilines is 2. The zero-order valence-corrected chi connectivity index (χ0v) is 16.4. The van der Waals surface area contributed by atoms with Crippen LogP contribution in [-0.2, 0) is 11.2 Å². The molecule has 2 aromatic carbocycles. The van der Waals surface area contributed by atoms with Gasteiger partial charge in [-0.1, -0.05) is 50.3 Å². The van der Waals surface area contributed by atoms with Gasteiger partial charge in [-0.25, -0.2) is 0 Å². The van der Waals surface area contributed by atoms with E-state index >= 15 is 0 Å². The number of benzene rings is 2. The molecule has 144 valence electrons. The van der Waals surface area contributed by atoms with Crippen LogP contribution in [0.1, 0.15) is 43.9 Å². The van der Waals surface area contributed by atoms with Gasteiger partial charge >= 0.3 is 0 Å². The van der Waals surface area contributed by atoms with Crippen LogP contribution in [0.2, 0.25) is 0 Å². The summed E-state index contributed by atoms with van der Waals surface area (Å²) in [7, 11) is 0. The predicted molar refractivity (Wildman–Crippen MR) is 113 cm³/mol. The van der Waals surface area contributed by atoms with Gasteiger partial charge in [-0.05, 0) is 36.0 Å². The summed E-state index contributed by atoms with van der Waals surface area (Å²) in [6.45, 7) is 8.02. The number of hydrogen-bond acceptors (Lipinski definition) is 4. The van der Waals surface area contributed by atoms with Crippen LogP contribution in [0.3, 0.4) is 0 Å². The Morgan fingerprint density at radius 2 is 1.89 bits per heavy atom. The number of allylic oxidation sites excluding steroid dienone is 2. The van der Waals surface area contributed by atoms with Gasteiger partial charge in [-0.3, -0.25) is 4.79 Å². The Labute approximate surface area is 166 Å². The highest BCUT2D eigenvalue weighted by molar-refractivity contribution is 6.01. The van der Waals surface area contributed by atoms with Crippen LogP contribution in [0.15, 0.2) is 66.4 Å². The molecule has 3 N–H and O–H groups in total. The van der Waals surface area contributed by atoms with Gasteiger partial charge in [0.25, 0.3) is 0 Å². The van der Waals surface area contributed by atoms with E-state index in [1.807, 2.05) is 42.5 Å². The molecule has 4 heteroatoms. The molecule has 0 amide bonds. The van der Waals surface area contributed by atoms with E-state index in [1.54, 1.807) is 6.08 Å². The average Bonchev–Trinajstić information content (AvgIpc) is 2.79. The Morgan fingerprint density at radius 3 is 2.64 bits per heavy atom. The maximum atomic E-state index is 13.2. The van der Waals surface area contributed by atoms with E-state index in [1.165, 1.54) is 0 Å². The lowest BCUT2D eigenvalue weighted by molar-refractivity contribution is -0.118. The van der Waals surface area contributed by atoms with Crippen LogP contribution < -0.4 is 10.6 Å². The molecule has 1 aliphatic carbocycles. The molecule has 0 fully saturated rings. The number of phenolic OH excluding ortho intramolecular Hbond substituents is 1. The second kappa shape index (κ2) is 6.86. The standard InChI is InChI=1S/C24H26N2O2/c1-4-8-15-9-7-10-16(23(15)28)22-21-19(13-24(2,3)14-20(21)27)25-17-11-5-6-12-18(17)26-22/h4-7,9-12,22,25-26,28H,1,8,13-14H2,2-3H3/t22-/m0/s1. The van der Waals surface area contributed by atoms with Crippen molar-refractivity contribution in [3.63, 3.8) is 0 Å². The minimum atomic E-state index is -0.403. The molecule has 0 unspecified atom stereocenters. The van der Waals surface area contributed by atoms with E-state index in [-0.39, 0.29) is 16.9 Å². The molecular formula is C24H26N2O2. The first-order chi connectivity index (χ1) is 13.4. The summed E-state index contributed by atoms with van der Waals surface area (Å²) in [5.41, 5.74) is 4.97. The summed E-state index contributed by atoms with van der Waals surface area (Å²) in [5.74, 6) is 0.348. The maximum Gasteiger partial charge on any atom is 0.163 e. The van der Waals surface area contributed by atoms with E-state index in [4.69, 9.17) is 0 Å². The highest BCUT2D eigenvalue weighted by atomic mass is 16.3. The summed E-state index contributed by atoms with van der Waals surface area (Å²) < 4.78 is 0. The van der Waals surface area contributed by atoms with Crippen LogP contribution in [-0.4, -0.2) is 10.9 Å². The Hall–Kier alpha value is -3.01. The van der Waals surface area contributed by atoms with Crippen molar-refractivity contribution < 1.29 is 9.90 Å². The van der Waals surface area contributed by atoms with Gasteiger partial charge in [0.1, 0.15) is 5.75 Å². The minimum absolute atomic E-state index is 0.0977. The molecule has 28 heavy (non-hydrogen) atoms. The molecule has 4 rings (SSSR count). The molecule has 4 nitrogen and oxygen atoms in total. The third kappa shape index (κ3) is 3.19. The number of fused-ring (bicyclic) bond motifs is 1. The van der Waals surface area contributed by atoms with Crippen molar-refractivity contribution >= 4 is 17.2 Å². The van der Waals surface area contributed by atoms with Gasteiger partial charge in [-0.15, -0.1) is 6.58 Å². The molecule has 1 atom stereocenters. The monoisotopic (exact) mass is 374 g/mol.